The summed E-state index contributed by atoms with van der Waals surface area (Å²) in [5.41, 5.74) is 5.02. The molecule has 1 fully saturated rings. The van der Waals surface area contributed by atoms with Gasteiger partial charge >= 0.3 is 0 Å². The van der Waals surface area contributed by atoms with E-state index in [0.717, 1.165) is 25.0 Å². The Morgan fingerprint density at radius 3 is 2.59 bits per heavy atom. The van der Waals surface area contributed by atoms with E-state index in [0.29, 0.717) is 5.92 Å². The number of nitrogens with zero attached hydrogens (tertiary/aromatic N) is 1. The van der Waals surface area contributed by atoms with Crippen molar-refractivity contribution in [2.75, 3.05) is 6.54 Å². The molecule has 1 saturated carbocycles. The van der Waals surface area contributed by atoms with Gasteiger partial charge in [-0.3, -0.25) is 10.1 Å². The topological polar surface area (TPSA) is 115 Å². The van der Waals surface area contributed by atoms with Gasteiger partial charge in [0.15, 0.2) is 0 Å². The minimum Gasteiger partial charge on any atom is -0.326 e. The maximum Gasteiger partial charge on any atom is 0.276 e. The van der Waals surface area contributed by atoms with Crippen molar-refractivity contribution in [2.45, 2.75) is 30.7 Å². The molecule has 10 heteroatoms. The predicted molar refractivity (Wildman–Crippen MR) is 80.9 cm³/mol. The first-order valence-corrected chi connectivity index (χ1v) is 7.90. The monoisotopic (exact) mass is 353 g/mol. The third kappa shape index (κ3) is 4.13. The standard InChI is InChI=1S/C12H16FN3O4S.ClH/c1-7-10(13)4-9(5-12(7)16(17)18)21(19,20)15-6-11(14)8-2-3-8;/h4-5,8,11,15H,2-3,6,14H2,1H3;1H. The van der Waals surface area contributed by atoms with E-state index in [4.69, 9.17) is 5.73 Å². The Balaban J connectivity index is 0.00000242. The van der Waals surface area contributed by atoms with Crippen LogP contribution < -0.4 is 10.5 Å². The normalized spacial score (nSPS) is 16.0. The number of nitro groups is 1. The van der Waals surface area contributed by atoms with Crippen LogP contribution in [0.5, 0.6) is 0 Å². The van der Waals surface area contributed by atoms with E-state index in [1.54, 1.807) is 0 Å². The van der Waals surface area contributed by atoms with Crippen molar-refractivity contribution in [1.29, 1.82) is 0 Å². The summed E-state index contributed by atoms with van der Waals surface area (Å²) >= 11 is 0. The second-order valence-corrected chi connectivity index (χ2v) is 6.93. The highest BCUT2D eigenvalue weighted by Crippen LogP contribution is 2.31. The Kier molecular flexibility index (Phi) is 5.85. The summed E-state index contributed by atoms with van der Waals surface area (Å²) in [6.07, 6.45) is 1.93. The molecule has 1 atom stereocenters. The summed E-state index contributed by atoms with van der Waals surface area (Å²) in [5.74, 6) is -0.632. The van der Waals surface area contributed by atoms with Crippen LogP contribution in [0.1, 0.15) is 18.4 Å². The maximum absolute atomic E-state index is 13.6. The lowest BCUT2D eigenvalue weighted by atomic mass is 10.2. The largest absolute Gasteiger partial charge is 0.326 e. The molecule has 0 bridgehead atoms. The molecule has 0 spiro atoms. The quantitative estimate of drug-likeness (QED) is 0.593. The van der Waals surface area contributed by atoms with Gasteiger partial charge in [0.25, 0.3) is 5.69 Å². The van der Waals surface area contributed by atoms with Crippen molar-refractivity contribution < 1.29 is 17.7 Å². The van der Waals surface area contributed by atoms with E-state index in [1.165, 1.54) is 6.92 Å². The van der Waals surface area contributed by atoms with Crippen LogP contribution in [0.2, 0.25) is 0 Å². The van der Waals surface area contributed by atoms with Crippen molar-refractivity contribution in [3.63, 3.8) is 0 Å². The van der Waals surface area contributed by atoms with Crippen LogP contribution in [0.15, 0.2) is 17.0 Å². The van der Waals surface area contributed by atoms with Crippen molar-refractivity contribution >= 4 is 28.1 Å². The van der Waals surface area contributed by atoms with E-state index in [2.05, 4.69) is 4.72 Å². The molecule has 2 rings (SSSR count). The molecule has 0 aliphatic heterocycles. The Hall–Kier alpha value is -1.29. The smallest absolute Gasteiger partial charge is 0.276 e. The highest BCUT2D eigenvalue weighted by atomic mass is 35.5. The number of nitrogens with two attached hydrogens (primary N) is 1. The van der Waals surface area contributed by atoms with Crippen LogP contribution in [0.25, 0.3) is 0 Å². The zero-order valence-electron chi connectivity index (χ0n) is 11.8. The fraction of sp³-hybridized carbons (Fsp3) is 0.500. The van der Waals surface area contributed by atoms with Gasteiger partial charge in [-0.15, -0.1) is 12.4 Å². The first kappa shape index (κ1) is 18.8. The highest BCUT2D eigenvalue weighted by molar-refractivity contribution is 7.89. The summed E-state index contributed by atoms with van der Waals surface area (Å²) < 4.78 is 40.0. The molecule has 1 aromatic rings. The summed E-state index contributed by atoms with van der Waals surface area (Å²) in [4.78, 5) is 9.54. The number of sulfonamides is 1. The molecule has 3 N–H and O–H groups in total. The van der Waals surface area contributed by atoms with E-state index in [-0.39, 0.29) is 30.6 Å². The molecule has 1 aliphatic carbocycles. The fourth-order valence-corrected chi connectivity index (χ4v) is 3.07. The number of hydrogen-bond donors (Lipinski definition) is 2. The van der Waals surface area contributed by atoms with Crippen molar-refractivity contribution in [2.24, 2.45) is 11.7 Å². The predicted octanol–water partition coefficient (Wildman–Crippen LogP) is 1.48. The summed E-state index contributed by atoms with van der Waals surface area (Å²) in [6, 6.07) is 1.32. The van der Waals surface area contributed by atoms with Gasteiger partial charge in [0.1, 0.15) is 5.82 Å². The second kappa shape index (κ2) is 6.86. The number of benzene rings is 1. The molecular formula is C12H17ClFN3O4S. The number of hydrogen-bond acceptors (Lipinski definition) is 5. The third-order valence-corrected chi connectivity index (χ3v) is 4.94. The minimum absolute atomic E-state index is 0. The average Bonchev–Trinajstić information content (AvgIpc) is 3.23. The average molecular weight is 354 g/mol. The van der Waals surface area contributed by atoms with Gasteiger partial charge in [-0.1, -0.05) is 0 Å². The maximum atomic E-state index is 13.6. The molecule has 1 aromatic carbocycles. The first-order valence-electron chi connectivity index (χ1n) is 6.42. The SMILES string of the molecule is Cc1c(F)cc(S(=O)(=O)NCC(N)C2CC2)cc1[N+](=O)[O-].Cl. The molecule has 0 amide bonds. The van der Waals surface area contributed by atoms with Gasteiger partial charge in [0.2, 0.25) is 10.0 Å². The number of nitro benzene ring substituents is 1. The lowest BCUT2D eigenvalue weighted by Crippen LogP contribution is -2.38. The Morgan fingerprint density at radius 1 is 1.50 bits per heavy atom. The Morgan fingerprint density at radius 2 is 2.09 bits per heavy atom. The van der Waals surface area contributed by atoms with E-state index in [1.807, 2.05) is 0 Å². The van der Waals surface area contributed by atoms with Gasteiger partial charge < -0.3 is 5.73 Å². The zero-order chi connectivity index (χ0) is 15.8. The molecule has 7 nitrogen and oxygen atoms in total. The van der Waals surface area contributed by atoms with Gasteiger partial charge in [0, 0.05) is 18.7 Å². The number of halogens is 2. The highest BCUT2D eigenvalue weighted by Gasteiger charge is 2.30. The van der Waals surface area contributed by atoms with Crippen molar-refractivity contribution in [3.8, 4) is 0 Å². The molecule has 0 saturated heterocycles. The molecule has 22 heavy (non-hydrogen) atoms. The molecule has 1 unspecified atom stereocenters. The molecule has 1 aliphatic rings. The number of rotatable bonds is 6. The van der Waals surface area contributed by atoms with E-state index in [9.17, 15) is 22.9 Å². The van der Waals surface area contributed by atoms with Crippen molar-refractivity contribution in [3.05, 3.63) is 33.6 Å². The zero-order valence-corrected chi connectivity index (χ0v) is 13.4. The lowest BCUT2D eigenvalue weighted by molar-refractivity contribution is -0.385. The third-order valence-electron chi connectivity index (χ3n) is 3.53. The van der Waals surface area contributed by atoms with Gasteiger partial charge in [-0.25, -0.2) is 17.5 Å². The van der Waals surface area contributed by atoms with Crippen molar-refractivity contribution in [1.82, 2.24) is 4.72 Å². The summed E-state index contributed by atoms with van der Waals surface area (Å²) in [6.45, 7) is 1.25. The molecular weight excluding hydrogens is 337 g/mol. The van der Waals surface area contributed by atoms with E-state index < -0.39 is 31.3 Å². The Labute approximate surface area is 133 Å². The van der Waals surface area contributed by atoms with Gasteiger partial charge in [-0.05, 0) is 31.7 Å². The summed E-state index contributed by atoms with van der Waals surface area (Å²) in [5, 5.41) is 10.8. The fourth-order valence-electron chi connectivity index (χ4n) is 1.97. The lowest BCUT2D eigenvalue weighted by Gasteiger charge is -2.12. The minimum atomic E-state index is -4.03. The van der Waals surface area contributed by atoms with Crippen LogP contribution >= 0.6 is 12.4 Å². The molecule has 0 radical (unpaired) electrons. The molecule has 124 valence electrons. The van der Waals surface area contributed by atoms with E-state index >= 15 is 0 Å². The Bertz CT molecular complexity index is 679. The first-order chi connectivity index (χ1) is 9.72. The van der Waals surface area contributed by atoms with Crippen LogP contribution in [-0.4, -0.2) is 25.9 Å². The van der Waals surface area contributed by atoms with Crippen LogP contribution in [0.3, 0.4) is 0 Å². The van der Waals surface area contributed by atoms with Crippen LogP contribution in [-0.2, 0) is 10.0 Å². The molecule has 0 aromatic heterocycles. The second-order valence-electron chi connectivity index (χ2n) is 5.16. The number of nitrogens with one attached hydrogen (secondary N) is 1. The van der Waals surface area contributed by atoms with Crippen LogP contribution in [0, 0.1) is 28.8 Å². The van der Waals surface area contributed by atoms with Gasteiger partial charge in [-0.2, -0.15) is 0 Å². The van der Waals surface area contributed by atoms with Crippen LogP contribution in [0.4, 0.5) is 10.1 Å². The molecule has 0 heterocycles. The van der Waals surface area contributed by atoms with Gasteiger partial charge in [0.05, 0.1) is 15.4 Å². The summed E-state index contributed by atoms with van der Waals surface area (Å²) in [7, 11) is -4.03.